The summed E-state index contributed by atoms with van der Waals surface area (Å²) in [6, 6.07) is 12.8. The zero-order valence-electron chi connectivity index (χ0n) is 16.9. The number of carbonyl (C=O) groups excluding carboxylic acids is 2. The molecule has 0 bridgehead atoms. The molecule has 0 aromatic heterocycles. The van der Waals surface area contributed by atoms with E-state index in [9.17, 15) is 9.59 Å². The number of carbonyl (C=O) groups is 2. The Morgan fingerprint density at radius 3 is 2.58 bits per heavy atom. The summed E-state index contributed by atoms with van der Waals surface area (Å²) in [7, 11) is 2.86. The summed E-state index contributed by atoms with van der Waals surface area (Å²) < 4.78 is 16.3. The molecule has 1 aliphatic rings. The summed E-state index contributed by atoms with van der Waals surface area (Å²) in [6.07, 6.45) is 1.83. The largest absolute Gasteiger partial charge is 0.493 e. The van der Waals surface area contributed by atoms with Gasteiger partial charge in [0.15, 0.2) is 11.5 Å². The number of methoxy groups -OCH3 is 2. The topological polar surface area (TPSA) is 65.1 Å². The fraction of sp³-hybridized carbons (Fsp3) is 0.227. The molecule has 2 aromatic carbocycles. The van der Waals surface area contributed by atoms with Gasteiger partial charge in [-0.1, -0.05) is 53.8 Å². The van der Waals surface area contributed by atoms with E-state index >= 15 is 0 Å². The summed E-state index contributed by atoms with van der Waals surface area (Å²) in [5.41, 5.74) is 1.75. The third-order valence-corrected chi connectivity index (χ3v) is 6.06. The number of rotatable bonds is 8. The average molecular weight is 478 g/mol. The molecule has 9 heteroatoms. The molecule has 3 rings (SSSR count). The van der Waals surface area contributed by atoms with Crippen LogP contribution in [-0.2, 0) is 20.9 Å². The third-order valence-electron chi connectivity index (χ3n) is 4.43. The lowest BCUT2D eigenvalue weighted by Gasteiger charge is -2.13. The van der Waals surface area contributed by atoms with Gasteiger partial charge in [-0.3, -0.25) is 14.5 Å². The molecule has 1 aliphatic heterocycles. The second-order valence-electron chi connectivity index (χ2n) is 6.48. The number of halogens is 1. The van der Waals surface area contributed by atoms with Crippen molar-refractivity contribution in [2.75, 3.05) is 20.8 Å². The second-order valence-corrected chi connectivity index (χ2v) is 8.60. The van der Waals surface area contributed by atoms with Crippen LogP contribution in [0.2, 0.25) is 5.02 Å². The maximum absolute atomic E-state index is 12.7. The maximum atomic E-state index is 12.7. The van der Waals surface area contributed by atoms with E-state index in [1.165, 1.54) is 23.8 Å². The van der Waals surface area contributed by atoms with Crippen molar-refractivity contribution in [1.29, 1.82) is 0 Å². The lowest BCUT2D eigenvalue weighted by atomic mass is 10.1. The van der Waals surface area contributed by atoms with Gasteiger partial charge in [-0.2, -0.15) is 0 Å². The molecular formula is C22H20ClNO5S2. The summed E-state index contributed by atoms with van der Waals surface area (Å²) >= 11 is 12.4. The number of esters is 1. The molecule has 0 atom stereocenters. The van der Waals surface area contributed by atoms with Crippen LogP contribution < -0.4 is 9.47 Å². The number of hydrogen-bond donors (Lipinski definition) is 0. The van der Waals surface area contributed by atoms with E-state index < -0.39 is 5.97 Å². The van der Waals surface area contributed by atoms with E-state index in [1.54, 1.807) is 25.3 Å². The Kier molecular flexibility index (Phi) is 7.95. The molecule has 162 valence electrons. The highest BCUT2D eigenvalue weighted by Gasteiger charge is 2.32. The van der Waals surface area contributed by atoms with E-state index in [1.807, 2.05) is 30.3 Å². The summed E-state index contributed by atoms with van der Waals surface area (Å²) in [5, 5.41) is 0.668. The molecule has 1 amide bonds. The highest BCUT2D eigenvalue weighted by molar-refractivity contribution is 8.26. The molecule has 0 N–H and O–H groups in total. The van der Waals surface area contributed by atoms with E-state index in [-0.39, 0.29) is 18.9 Å². The predicted molar refractivity (Wildman–Crippen MR) is 125 cm³/mol. The zero-order valence-corrected chi connectivity index (χ0v) is 19.3. The minimum absolute atomic E-state index is 0.0870. The smallest absolute Gasteiger partial charge is 0.307 e. The summed E-state index contributed by atoms with van der Waals surface area (Å²) in [4.78, 5) is 25.9. The number of ether oxygens (including phenoxy) is 3. The molecule has 0 unspecified atom stereocenters. The fourth-order valence-electron chi connectivity index (χ4n) is 2.78. The van der Waals surface area contributed by atoms with Gasteiger partial charge in [-0.05, 0) is 41.5 Å². The number of thiocarbonyl (C=S) groups is 1. The standard InChI is InChI=1S/C22H20ClNO5S2/c1-27-18-11-15(5-8-17(18)29-13-14-3-6-16(23)7-4-14)12-19-21(26)24(22(30)31-19)10-9-20(25)28-2/h3-8,11-12H,9-10,13H2,1-2H3. The van der Waals surface area contributed by atoms with Gasteiger partial charge >= 0.3 is 5.97 Å². The lowest BCUT2D eigenvalue weighted by Crippen LogP contribution is -2.30. The molecule has 1 fully saturated rings. The monoisotopic (exact) mass is 477 g/mol. The average Bonchev–Trinajstić information content (AvgIpc) is 3.04. The van der Waals surface area contributed by atoms with Gasteiger partial charge in [0.25, 0.3) is 5.91 Å². The third kappa shape index (κ3) is 6.00. The molecule has 0 spiro atoms. The molecule has 0 aliphatic carbocycles. The van der Waals surface area contributed by atoms with Crippen LogP contribution in [0.15, 0.2) is 47.4 Å². The van der Waals surface area contributed by atoms with Crippen LogP contribution in [0.3, 0.4) is 0 Å². The SMILES string of the molecule is COC(=O)CCN1C(=O)C(=Cc2ccc(OCc3ccc(Cl)cc3)c(OC)c2)SC1=S. The quantitative estimate of drug-likeness (QED) is 0.310. The van der Waals surface area contributed by atoms with Crippen molar-refractivity contribution in [2.45, 2.75) is 13.0 Å². The van der Waals surface area contributed by atoms with Gasteiger partial charge in [-0.15, -0.1) is 0 Å². The number of benzene rings is 2. The Hall–Kier alpha value is -2.55. The molecule has 2 aromatic rings. The minimum atomic E-state index is -0.392. The molecule has 31 heavy (non-hydrogen) atoms. The number of nitrogens with zero attached hydrogens (tertiary/aromatic N) is 1. The van der Waals surface area contributed by atoms with Gasteiger partial charge in [0, 0.05) is 11.6 Å². The van der Waals surface area contributed by atoms with Crippen LogP contribution in [-0.4, -0.2) is 41.9 Å². The highest BCUT2D eigenvalue weighted by atomic mass is 35.5. The molecule has 0 radical (unpaired) electrons. The van der Waals surface area contributed by atoms with Crippen molar-refractivity contribution in [3.05, 3.63) is 63.5 Å². The van der Waals surface area contributed by atoms with Crippen molar-refractivity contribution in [1.82, 2.24) is 4.90 Å². The van der Waals surface area contributed by atoms with Crippen LogP contribution in [0.25, 0.3) is 6.08 Å². The van der Waals surface area contributed by atoms with Gasteiger partial charge in [0.1, 0.15) is 10.9 Å². The Labute approximate surface area is 195 Å². The first-order valence-corrected chi connectivity index (χ1v) is 10.9. The van der Waals surface area contributed by atoms with E-state index in [2.05, 4.69) is 4.74 Å². The van der Waals surface area contributed by atoms with E-state index in [4.69, 9.17) is 33.3 Å². The van der Waals surface area contributed by atoms with Crippen LogP contribution in [0, 0.1) is 0 Å². The molecule has 0 saturated carbocycles. The Balaban J connectivity index is 1.70. The molecule has 1 heterocycles. The molecule has 1 saturated heterocycles. The van der Waals surface area contributed by atoms with Crippen molar-refractivity contribution >= 4 is 57.9 Å². The zero-order chi connectivity index (χ0) is 22.4. The van der Waals surface area contributed by atoms with Crippen LogP contribution in [0.4, 0.5) is 0 Å². The first-order chi connectivity index (χ1) is 14.9. The van der Waals surface area contributed by atoms with Crippen molar-refractivity contribution < 1.29 is 23.8 Å². The number of hydrogen-bond acceptors (Lipinski definition) is 7. The maximum Gasteiger partial charge on any atom is 0.307 e. The minimum Gasteiger partial charge on any atom is -0.493 e. The Bertz CT molecular complexity index is 1020. The van der Waals surface area contributed by atoms with Crippen molar-refractivity contribution in [2.24, 2.45) is 0 Å². The van der Waals surface area contributed by atoms with E-state index in [0.717, 1.165) is 11.1 Å². The lowest BCUT2D eigenvalue weighted by molar-refractivity contribution is -0.140. The first kappa shape index (κ1) is 23.1. The second kappa shape index (κ2) is 10.7. The summed E-state index contributed by atoms with van der Waals surface area (Å²) in [5.74, 6) is 0.502. The van der Waals surface area contributed by atoms with Crippen LogP contribution in [0.5, 0.6) is 11.5 Å². The fourth-order valence-corrected chi connectivity index (χ4v) is 4.22. The first-order valence-electron chi connectivity index (χ1n) is 9.28. The highest BCUT2D eigenvalue weighted by Crippen LogP contribution is 2.35. The molecule has 6 nitrogen and oxygen atoms in total. The van der Waals surface area contributed by atoms with Gasteiger partial charge in [0.2, 0.25) is 0 Å². The predicted octanol–water partition coefficient (Wildman–Crippen LogP) is 4.69. The van der Waals surface area contributed by atoms with E-state index in [0.29, 0.717) is 32.4 Å². The number of thioether (sulfide) groups is 1. The van der Waals surface area contributed by atoms with Crippen LogP contribution >= 0.6 is 35.6 Å². The van der Waals surface area contributed by atoms with Gasteiger partial charge in [0.05, 0.1) is 25.5 Å². The Morgan fingerprint density at radius 1 is 1.16 bits per heavy atom. The normalized spacial score (nSPS) is 14.8. The van der Waals surface area contributed by atoms with Crippen molar-refractivity contribution in [3.8, 4) is 11.5 Å². The van der Waals surface area contributed by atoms with Gasteiger partial charge < -0.3 is 14.2 Å². The molecular weight excluding hydrogens is 458 g/mol. The number of amides is 1. The Morgan fingerprint density at radius 2 is 1.90 bits per heavy atom. The van der Waals surface area contributed by atoms with Crippen molar-refractivity contribution in [3.63, 3.8) is 0 Å². The van der Waals surface area contributed by atoms with Crippen LogP contribution in [0.1, 0.15) is 17.5 Å². The summed E-state index contributed by atoms with van der Waals surface area (Å²) in [6.45, 7) is 0.557. The van der Waals surface area contributed by atoms with Gasteiger partial charge in [-0.25, -0.2) is 0 Å².